The smallest absolute Gasteiger partial charge is 0.305 e. The second-order valence-electron chi connectivity index (χ2n) is 5.48. The van der Waals surface area contributed by atoms with Gasteiger partial charge in [-0.05, 0) is 11.8 Å². The summed E-state index contributed by atoms with van der Waals surface area (Å²) in [7, 11) is 1.25. The number of Topliss-reactive ketones (excluding diaryl/α,β-unsaturated/α-hetero) is 2. The topological polar surface area (TPSA) is 84.3 Å². The zero-order valence-electron chi connectivity index (χ0n) is 11.0. The van der Waals surface area contributed by atoms with Gasteiger partial charge >= 0.3 is 5.97 Å². The van der Waals surface area contributed by atoms with E-state index in [1.54, 1.807) is 0 Å². The molecule has 0 heterocycles. The first-order valence-corrected chi connectivity index (χ1v) is 5.96. The summed E-state index contributed by atoms with van der Waals surface area (Å²) in [5, 5.41) is 7.84. The maximum Gasteiger partial charge on any atom is 0.305 e. The molecular weight excluding hydrogens is 234 g/mol. The molecule has 1 N–H and O–H groups in total. The van der Waals surface area contributed by atoms with Crippen LogP contribution in [0, 0.1) is 16.7 Å². The quantitative estimate of drug-likeness (QED) is 0.608. The largest absolute Gasteiger partial charge is 0.469 e. The molecule has 1 atom stereocenters. The van der Waals surface area contributed by atoms with Gasteiger partial charge in [0.2, 0.25) is 0 Å². The Bertz CT molecular complexity index is 378. The SMILES string of the molecule is COC(=O)CCC(=O)C1C(=N)CC(C)(C)CC1=O. The van der Waals surface area contributed by atoms with Crippen molar-refractivity contribution in [3.63, 3.8) is 0 Å². The molecule has 0 aromatic rings. The van der Waals surface area contributed by atoms with Gasteiger partial charge in [-0.3, -0.25) is 14.4 Å². The zero-order chi connectivity index (χ0) is 13.9. The maximum absolute atomic E-state index is 11.9. The molecule has 0 aromatic heterocycles. The zero-order valence-corrected chi connectivity index (χ0v) is 11.0. The predicted molar refractivity (Wildman–Crippen MR) is 65.5 cm³/mol. The number of nitrogens with one attached hydrogen (secondary N) is 1. The summed E-state index contributed by atoms with van der Waals surface area (Å²) < 4.78 is 4.44. The lowest BCUT2D eigenvalue weighted by Crippen LogP contribution is -2.41. The number of carbonyl (C=O) groups excluding carboxylic acids is 3. The number of methoxy groups -OCH3 is 1. The average Bonchev–Trinajstić information content (AvgIpc) is 2.22. The first-order chi connectivity index (χ1) is 8.26. The molecule has 0 spiro atoms. The van der Waals surface area contributed by atoms with Crippen molar-refractivity contribution >= 4 is 23.2 Å². The molecule has 1 unspecified atom stereocenters. The molecule has 1 fully saturated rings. The molecule has 1 rings (SSSR count). The van der Waals surface area contributed by atoms with Crippen LogP contribution in [-0.2, 0) is 19.1 Å². The Morgan fingerprint density at radius 1 is 1.33 bits per heavy atom. The van der Waals surface area contributed by atoms with Crippen LogP contribution in [0.2, 0.25) is 0 Å². The Morgan fingerprint density at radius 3 is 2.44 bits per heavy atom. The molecule has 100 valence electrons. The van der Waals surface area contributed by atoms with Crippen LogP contribution in [0.15, 0.2) is 0 Å². The van der Waals surface area contributed by atoms with Crippen molar-refractivity contribution in [3.8, 4) is 0 Å². The van der Waals surface area contributed by atoms with Crippen molar-refractivity contribution in [2.75, 3.05) is 7.11 Å². The molecule has 0 aliphatic heterocycles. The van der Waals surface area contributed by atoms with Crippen molar-refractivity contribution in [1.29, 1.82) is 5.41 Å². The van der Waals surface area contributed by atoms with Gasteiger partial charge in [0.05, 0.1) is 13.5 Å². The fraction of sp³-hybridized carbons (Fsp3) is 0.692. The lowest BCUT2D eigenvalue weighted by atomic mass is 9.69. The fourth-order valence-corrected chi connectivity index (χ4v) is 2.29. The van der Waals surface area contributed by atoms with Gasteiger partial charge in [-0.25, -0.2) is 0 Å². The molecule has 1 aliphatic rings. The van der Waals surface area contributed by atoms with Crippen LogP contribution < -0.4 is 0 Å². The van der Waals surface area contributed by atoms with E-state index in [9.17, 15) is 14.4 Å². The second kappa shape index (κ2) is 5.42. The van der Waals surface area contributed by atoms with Crippen molar-refractivity contribution < 1.29 is 19.1 Å². The first-order valence-electron chi connectivity index (χ1n) is 5.96. The summed E-state index contributed by atoms with van der Waals surface area (Å²) in [6, 6.07) is 0. The van der Waals surface area contributed by atoms with Gasteiger partial charge in [0.25, 0.3) is 0 Å². The molecule has 0 bridgehead atoms. The molecule has 1 aliphatic carbocycles. The molecule has 0 aromatic carbocycles. The van der Waals surface area contributed by atoms with Crippen molar-refractivity contribution in [3.05, 3.63) is 0 Å². The monoisotopic (exact) mass is 253 g/mol. The van der Waals surface area contributed by atoms with E-state index in [1.165, 1.54) is 7.11 Å². The molecule has 0 saturated heterocycles. The molecule has 18 heavy (non-hydrogen) atoms. The van der Waals surface area contributed by atoms with Crippen LogP contribution in [0.3, 0.4) is 0 Å². The Morgan fingerprint density at radius 2 is 1.94 bits per heavy atom. The standard InChI is InChI=1S/C13H19NO4/c1-13(2)6-8(14)12(10(16)7-13)9(15)4-5-11(17)18-3/h12,14H,4-7H2,1-3H3. The fourth-order valence-electron chi connectivity index (χ4n) is 2.29. The second-order valence-corrected chi connectivity index (χ2v) is 5.48. The highest BCUT2D eigenvalue weighted by Gasteiger charge is 2.40. The lowest BCUT2D eigenvalue weighted by molar-refractivity contribution is -0.143. The van der Waals surface area contributed by atoms with E-state index < -0.39 is 11.9 Å². The van der Waals surface area contributed by atoms with Gasteiger partial charge in [0, 0.05) is 18.6 Å². The van der Waals surface area contributed by atoms with E-state index in [0.717, 1.165) is 0 Å². The Kier molecular flexibility index (Phi) is 4.38. The third kappa shape index (κ3) is 3.48. The molecule has 5 heteroatoms. The van der Waals surface area contributed by atoms with E-state index in [4.69, 9.17) is 5.41 Å². The van der Waals surface area contributed by atoms with Gasteiger partial charge in [0.1, 0.15) is 17.5 Å². The van der Waals surface area contributed by atoms with Crippen molar-refractivity contribution in [2.45, 2.75) is 39.5 Å². The maximum atomic E-state index is 11.9. The Balaban J connectivity index is 2.66. The van der Waals surface area contributed by atoms with Gasteiger partial charge in [0.15, 0.2) is 0 Å². The summed E-state index contributed by atoms with van der Waals surface area (Å²) in [4.78, 5) is 34.7. The molecule has 0 amide bonds. The molecule has 1 saturated carbocycles. The van der Waals surface area contributed by atoms with Crippen LogP contribution >= 0.6 is 0 Å². The molecule has 5 nitrogen and oxygen atoms in total. The van der Waals surface area contributed by atoms with Gasteiger partial charge < -0.3 is 10.1 Å². The van der Waals surface area contributed by atoms with E-state index in [0.29, 0.717) is 12.8 Å². The number of hydrogen-bond donors (Lipinski definition) is 1. The molecular formula is C13H19NO4. The number of carbonyl (C=O) groups is 3. The highest BCUT2D eigenvalue weighted by atomic mass is 16.5. The number of rotatable bonds is 4. The van der Waals surface area contributed by atoms with Crippen LogP contribution in [0.25, 0.3) is 0 Å². The van der Waals surface area contributed by atoms with E-state index in [2.05, 4.69) is 4.74 Å². The van der Waals surface area contributed by atoms with Gasteiger partial charge in [-0.2, -0.15) is 0 Å². The minimum absolute atomic E-state index is 0.0320. The van der Waals surface area contributed by atoms with E-state index >= 15 is 0 Å². The number of hydrogen-bond acceptors (Lipinski definition) is 5. The highest BCUT2D eigenvalue weighted by molar-refractivity contribution is 6.21. The minimum atomic E-state index is -0.942. The van der Waals surface area contributed by atoms with Crippen molar-refractivity contribution in [1.82, 2.24) is 0 Å². The highest BCUT2D eigenvalue weighted by Crippen LogP contribution is 2.34. The third-order valence-corrected chi connectivity index (χ3v) is 3.12. The van der Waals surface area contributed by atoms with Crippen molar-refractivity contribution in [2.24, 2.45) is 11.3 Å². The van der Waals surface area contributed by atoms with Crippen LogP contribution in [0.4, 0.5) is 0 Å². The third-order valence-electron chi connectivity index (χ3n) is 3.12. The summed E-state index contributed by atoms with van der Waals surface area (Å²) in [6.07, 6.45) is 0.694. The summed E-state index contributed by atoms with van der Waals surface area (Å²) >= 11 is 0. The average molecular weight is 253 g/mol. The van der Waals surface area contributed by atoms with Crippen LogP contribution in [0.5, 0.6) is 0 Å². The first kappa shape index (κ1) is 14.5. The number of ketones is 2. The Labute approximate surface area is 106 Å². The normalized spacial score (nSPS) is 22.7. The van der Waals surface area contributed by atoms with Gasteiger partial charge in [-0.1, -0.05) is 13.8 Å². The Hall–Kier alpha value is -1.52. The van der Waals surface area contributed by atoms with E-state index in [1.807, 2.05) is 13.8 Å². The summed E-state index contributed by atoms with van der Waals surface area (Å²) in [5.41, 5.74) is -0.0704. The summed E-state index contributed by atoms with van der Waals surface area (Å²) in [5.74, 6) is -1.96. The summed E-state index contributed by atoms with van der Waals surface area (Å²) in [6.45, 7) is 3.82. The van der Waals surface area contributed by atoms with E-state index in [-0.39, 0.29) is 35.5 Å². The predicted octanol–water partition coefficient (Wildman–Crippen LogP) is 1.53. The molecule has 0 radical (unpaired) electrons. The minimum Gasteiger partial charge on any atom is -0.469 e. The number of ether oxygens (including phenoxy) is 1. The lowest BCUT2D eigenvalue weighted by Gasteiger charge is -2.33. The van der Waals surface area contributed by atoms with Crippen LogP contribution in [0.1, 0.15) is 39.5 Å². The van der Waals surface area contributed by atoms with Gasteiger partial charge in [-0.15, -0.1) is 0 Å². The van der Waals surface area contributed by atoms with Crippen LogP contribution in [-0.4, -0.2) is 30.4 Å². The number of esters is 1.